The summed E-state index contributed by atoms with van der Waals surface area (Å²) in [5.41, 5.74) is 1.23. The fourth-order valence-corrected chi connectivity index (χ4v) is 5.24. The van der Waals surface area contributed by atoms with Crippen molar-refractivity contribution in [2.75, 3.05) is 31.6 Å². The molecule has 2 atom stereocenters. The molecule has 1 saturated carbocycles. The van der Waals surface area contributed by atoms with Gasteiger partial charge in [0.1, 0.15) is 6.29 Å². The molecule has 3 rings (SSSR count). The molecule has 1 aliphatic heterocycles. The molecule has 1 saturated heterocycles. The van der Waals surface area contributed by atoms with Gasteiger partial charge >= 0.3 is 0 Å². The Balaban J connectivity index is 0.000000739. The molecule has 0 amide bonds. The third-order valence-corrected chi connectivity index (χ3v) is 7.29. The predicted molar refractivity (Wildman–Crippen MR) is 143 cm³/mol. The van der Waals surface area contributed by atoms with Crippen molar-refractivity contribution < 1.29 is 4.79 Å². The molecule has 2 fully saturated rings. The Morgan fingerprint density at radius 3 is 1.97 bits per heavy atom. The molecule has 2 heterocycles. The lowest BCUT2D eigenvalue weighted by Crippen LogP contribution is -2.60. The van der Waals surface area contributed by atoms with Gasteiger partial charge in [-0.25, -0.2) is 9.97 Å². The fourth-order valence-electron chi connectivity index (χ4n) is 5.24. The topological polar surface area (TPSA) is 52.6 Å². The van der Waals surface area contributed by atoms with Gasteiger partial charge < -0.3 is 14.6 Å². The lowest BCUT2D eigenvalue weighted by Gasteiger charge is -2.48. The highest BCUT2D eigenvalue weighted by molar-refractivity contribution is 5.51. The van der Waals surface area contributed by atoms with Crippen LogP contribution in [0.5, 0.6) is 0 Å². The van der Waals surface area contributed by atoms with E-state index in [1.165, 1.54) is 44.2 Å². The van der Waals surface area contributed by atoms with E-state index in [4.69, 9.17) is 9.97 Å². The predicted octanol–water partition coefficient (Wildman–Crippen LogP) is 5.42. The summed E-state index contributed by atoms with van der Waals surface area (Å²) < 4.78 is 0. The molecule has 1 aromatic rings. The standard InChI is InChI=1S/C24H43N5.C4H8O/c1-6-22-17-28(19(3)4)18-23(7-2)29(22)24-25-13-21(14-26-24)16-27(5)15-20-11-9-8-10-12-20;1-4(2)3-5/h13-14,19-20,22-23H,6-12,15-18H2,1-5H3;3-4H,1-2H3. The highest BCUT2D eigenvalue weighted by atomic mass is 16.1. The number of hydrogen-bond acceptors (Lipinski definition) is 6. The first-order valence-corrected chi connectivity index (χ1v) is 13.8. The van der Waals surface area contributed by atoms with Crippen molar-refractivity contribution in [3.63, 3.8) is 0 Å². The normalized spacial score (nSPS) is 22.2. The average molecular weight is 474 g/mol. The van der Waals surface area contributed by atoms with Crippen molar-refractivity contribution in [1.82, 2.24) is 19.8 Å². The summed E-state index contributed by atoms with van der Waals surface area (Å²) in [6.45, 7) is 17.3. The van der Waals surface area contributed by atoms with Gasteiger partial charge in [0.15, 0.2) is 0 Å². The molecule has 0 spiro atoms. The first-order valence-electron chi connectivity index (χ1n) is 13.8. The SMILES string of the molecule is CC(C)C=O.CCC1CN(C(C)C)CC(CC)N1c1ncc(CN(C)CC2CCCCC2)cn1. The molecule has 1 aliphatic carbocycles. The third kappa shape index (κ3) is 8.92. The summed E-state index contributed by atoms with van der Waals surface area (Å²) in [5.74, 6) is 2.00. The van der Waals surface area contributed by atoms with Gasteiger partial charge in [-0.05, 0) is 52.5 Å². The van der Waals surface area contributed by atoms with Crippen LogP contribution in [0.25, 0.3) is 0 Å². The maximum atomic E-state index is 9.50. The van der Waals surface area contributed by atoms with Crippen LogP contribution in [0.3, 0.4) is 0 Å². The highest BCUT2D eigenvalue weighted by Crippen LogP contribution is 2.27. The van der Waals surface area contributed by atoms with Crippen LogP contribution in [0, 0.1) is 11.8 Å². The number of anilines is 1. The molecule has 1 aromatic heterocycles. The average Bonchev–Trinajstić information content (AvgIpc) is 2.84. The van der Waals surface area contributed by atoms with Crippen LogP contribution >= 0.6 is 0 Å². The maximum absolute atomic E-state index is 9.50. The van der Waals surface area contributed by atoms with Gasteiger partial charge in [0.05, 0.1) is 0 Å². The van der Waals surface area contributed by atoms with E-state index in [1.807, 2.05) is 13.8 Å². The van der Waals surface area contributed by atoms with Crippen molar-refractivity contribution >= 4 is 12.2 Å². The van der Waals surface area contributed by atoms with Crippen molar-refractivity contribution in [1.29, 1.82) is 0 Å². The van der Waals surface area contributed by atoms with E-state index in [2.05, 4.69) is 61.8 Å². The van der Waals surface area contributed by atoms with Gasteiger partial charge in [0.25, 0.3) is 0 Å². The number of nitrogens with zero attached hydrogens (tertiary/aromatic N) is 5. The summed E-state index contributed by atoms with van der Waals surface area (Å²) in [5, 5.41) is 0. The van der Waals surface area contributed by atoms with Gasteiger partial charge in [-0.2, -0.15) is 0 Å². The molecule has 6 heteroatoms. The molecule has 0 aromatic carbocycles. The zero-order valence-corrected chi connectivity index (χ0v) is 23.0. The first kappa shape index (κ1) is 28.7. The van der Waals surface area contributed by atoms with Gasteiger partial charge in [0, 0.05) is 68.2 Å². The van der Waals surface area contributed by atoms with Crippen LogP contribution in [0.2, 0.25) is 0 Å². The molecular formula is C28H51N5O. The van der Waals surface area contributed by atoms with Crippen LogP contribution in [0.15, 0.2) is 12.4 Å². The Labute approximate surface area is 209 Å². The van der Waals surface area contributed by atoms with Crippen molar-refractivity contribution in [2.45, 2.75) is 111 Å². The monoisotopic (exact) mass is 473 g/mol. The van der Waals surface area contributed by atoms with E-state index in [0.29, 0.717) is 18.1 Å². The van der Waals surface area contributed by atoms with Crippen molar-refractivity contribution in [3.8, 4) is 0 Å². The minimum absolute atomic E-state index is 0.204. The van der Waals surface area contributed by atoms with Crippen LogP contribution in [0.1, 0.15) is 92.1 Å². The van der Waals surface area contributed by atoms with Crippen LogP contribution in [-0.4, -0.2) is 70.9 Å². The fraction of sp³-hybridized carbons (Fsp3) is 0.821. The zero-order valence-electron chi connectivity index (χ0n) is 23.0. The Morgan fingerprint density at radius 2 is 1.53 bits per heavy atom. The lowest BCUT2D eigenvalue weighted by molar-refractivity contribution is -0.110. The summed E-state index contributed by atoms with van der Waals surface area (Å²) in [4.78, 5) is 26.8. The van der Waals surface area contributed by atoms with Gasteiger partial charge in [-0.15, -0.1) is 0 Å². The molecular weight excluding hydrogens is 422 g/mol. The number of carbonyl (C=O) groups excluding carboxylic acids is 1. The molecule has 2 unspecified atom stereocenters. The molecule has 0 bridgehead atoms. The third-order valence-electron chi connectivity index (χ3n) is 7.29. The van der Waals surface area contributed by atoms with Crippen molar-refractivity contribution in [3.05, 3.63) is 18.0 Å². The number of carbonyl (C=O) groups is 1. The van der Waals surface area contributed by atoms with Gasteiger partial charge in [-0.1, -0.05) is 47.0 Å². The highest BCUT2D eigenvalue weighted by Gasteiger charge is 2.35. The zero-order chi connectivity index (χ0) is 25.1. The Bertz CT molecular complexity index is 673. The smallest absolute Gasteiger partial charge is 0.225 e. The number of piperazine rings is 1. The summed E-state index contributed by atoms with van der Waals surface area (Å²) in [6.07, 6.45) is 14.4. The summed E-state index contributed by atoms with van der Waals surface area (Å²) >= 11 is 0. The quantitative estimate of drug-likeness (QED) is 0.447. The number of aldehydes is 1. The van der Waals surface area contributed by atoms with E-state index in [0.717, 1.165) is 50.6 Å². The lowest BCUT2D eigenvalue weighted by atomic mass is 9.89. The molecule has 34 heavy (non-hydrogen) atoms. The molecule has 194 valence electrons. The molecule has 0 N–H and O–H groups in total. The second-order valence-electron chi connectivity index (χ2n) is 11.1. The molecule has 6 nitrogen and oxygen atoms in total. The van der Waals surface area contributed by atoms with E-state index in [-0.39, 0.29) is 5.92 Å². The number of rotatable bonds is 9. The van der Waals surface area contributed by atoms with Crippen LogP contribution in [0.4, 0.5) is 5.95 Å². The Kier molecular flexibility index (Phi) is 12.5. The minimum atomic E-state index is 0.204. The van der Waals surface area contributed by atoms with E-state index < -0.39 is 0 Å². The van der Waals surface area contributed by atoms with Crippen molar-refractivity contribution in [2.24, 2.45) is 11.8 Å². The Morgan fingerprint density at radius 1 is 1.00 bits per heavy atom. The van der Waals surface area contributed by atoms with Crippen LogP contribution in [-0.2, 0) is 11.3 Å². The number of hydrogen-bond donors (Lipinski definition) is 0. The summed E-state index contributed by atoms with van der Waals surface area (Å²) in [6, 6.07) is 1.59. The Hall–Kier alpha value is -1.53. The second kappa shape index (κ2) is 14.8. The summed E-state index contributed by atoms with van der Waals surface area (Å²) in [7, 11) is 2.24. The van der Waals surface area contributed by atoms with Crippen LogP contribution < -0.4 is 4.90 Å². The van der Waals surface area contributed by atoms with Gasteiger partial charge in [0.2, 0.25) is 5.95 Å². The van der Waals surface area contributed by atoms with E-state index >= 15 is 0 Å². The van der Waals surface area contributed by atoms with E-state index in [9.17, 15) is 4.79 Å². The molecule has 2 aliphatic rings. The number of aromatic nitrogens is 2. The first-order chi connectivity index (χ1) is 16.3. The minimum Gasteiger partial charge on any atom is -0.332 e. The largest absolute Gasteiger partial charge is 0.332 e. The van der Waals surface area contributed by atoms with E-state index in [1.54, 1.807) is 0 Å². The van der Waals surface area contributed by atoms with Gasteiger partial charge in [-0.3, -0.25) is 4.90 Å². The second-order valence-corrected chi connectivity index (χ2v) is 11.1. The maximum Gasteiger partial charge on any atom is 0.225 e. The molecule has 0 radical (unpaired) electrons.